The molecule has 1 aromatic carbocycles. The fourth-order valence-corrected chi connectivity index (χ4v) is 2.64. The molecule has 0 aliphatic heterocycles. The van der Waals surface area contributed by atoms with Gasteiger partial charge < -0.3 is 5.32 Å². The fourth-order valence-electron chi connectivity index (χ4n) is 2.64. The van der Waals surface area contributed by atoms with E-state index in [0.29, 0.717) is 17.5 Å². The van der Waals surface area contributed by atoms with Crippen molar-refractivity contribution in [3.05, 3.63) is 48.0 Å². The Morgan fingerprint density at radius 2 is 2.12 bits per heavy atom. The number of rotatable bonds is 3. The minimum atomic E-state index is 0.293. The van der Waals surface area contributed by atoms with E-state index >= 15 is 0 Å². The van der Waals surface area contributed by atoms with Gasteiger partial charge in [-0.15, -0.1) is 6.58 Å². The van der Waals surface area contributed by atoms with Gasteiger partial charge in [0.25, 0.3) is 0 Å². The van der Waals surface area contributed by atoms with E-state index in [0.717, 1.165) is 6.42 Å². The summed E-state index contributed by atoms with van der Waals surface area (Å²) in [6.07, 6.45) is 3.13. The van der Waals surface area contributed by atoms with Crippen LogP contribution in [0.25, 0.3) is 0 Å². The summed E-state index contributed by atoms with van der Waals surface area (Å²) >= 11 is 0. The number of hydrogen-bond donors (Lipinski definition) is 1. The standard InChI is InChI=1S/C15H21N/c1-5-11(2)16-14-13-9-7-6-8-12(13)10-15(14,3)4/h5-9,11,14,16H,1,10H2,2-4H3. The van der Waals surface area contributed by atoms with Gasteiger partial charge in [0.05, 0.1) is 0 Å². The Morgan fingerprint density at radius 1 is 1.44 bits per heavy atom. The van der Waals surface area contributed by atoms with Crippen molar-refractivity contribution >= 4 is 0 Å². The molecule has 0 saturated heterocycles. The Balaban J connectivity index is 2.31. The Kier molecular flexibility index (Phi) is 2.90. The molecule has 1 heteroatoms. The lowest BCUT2D eigenvalue weighted by Crippen LogP contribution is -2.35. The summed E-state index contributed by atoms with van der Waals surface area (Å²) < 4.78 is 0. The number of fused-ring (bicyclic) bond motifs is 1. The van der Waals surface area contributed by atoms with Crippen LogP contribution in [0.1, 0.15) is 37.9 Å². The van der Waals surface area contributed by atoms with Crippen molar-refractivity contribution in [1.82, 2.24) is 5.32 Å². The van der Waals surface area contributed by atoms with Gasteiger partial charge in [-0.25, -0.2) is 0 Å². The second-order valence-electron chi connectivity index (χ2n) is 5.49. The number of benzene rings is 1. The van der Waals surface area contributed by atoms with Crippen LogP contribution in [-0.4, -0.2) is 6.04 Å². The average molecular weight is 215 g/mol. The summed E-state index contributed by atoms with van der Waals surface area (Å²) in [6.45, 7) is 10.7. The van der Waals surface area contributed by atoms with Gasteiger partial charge in [-0.1, -0.05) is 44.2 Å². The van der Waals surface area contributed by atoms with Gasteiger partial charge in [-0.2, -0.15) is 0 Å². The molecule has 0 saturated carbocycles. The van der Waals surface area contributed by atoms with E-state index in [4.69, 9.17) is 0 Å². The molecule has 0 radical (unpaired) electrons. The summed E-state index contributed by atoms with van der Waals surface area (Å²) in [5.74, 6) is 0. The van der Waals surface area contributed by atoms with Crippen LogP contribution in [0.5, 0.6) is 0 Å². The maximum absolute atomic E-state index is 3.84. The first kappa shape index (κ1) is 11.4. The van der Waals surface area contributed by atoms with Crippen LogP contribution in [-0.2, 0) is 6.42 Å². The van der Waals surface area contributed by atoms with E-state index in [9.17, 15) is 0 Å². The highest BCUT2D eigenvalue weighted by atomic mass is 15.0. The van der Waals surface area contributed by atoms with Gasteiger partial charge in [0.15, 0.2) is 0 Å². The van der Waals surface area contributed by atoms with E-state index in [1.165, 1.54) is 11.1 Å². The first-order chi connectivity index (χ1) is 7.54. The van der Waals surface area contributed by atoms with Crippen LogP contribution in [0.4, 0.5) is 0 Å². The van der Waals surface area contributed by atoms with Crippen LogP contribution in [0.2, 0.25) is 0 Å². The molecule has 1 aliphatic rings. The van der Waals surface area contributed by atoms with E-state index in [2.05, 4.69) is 56.9 Å². The summed E-state index contributed by atoms with van der Waals surface area (Å²) in [7, 11) is 0. The van der Waals surface area contributed by atoms with E-state index in [1.807, 2.05) is 6.08 Å². The molecule has 2 unspecified atom stereocenters. The molecule has 16 heavy (non-hydrogen) atoms. The van der Waals surface area contributed by atoms with E-state index < -0.39 is 0 Å². The van der Waals surface area contributed by atoms with E-state index in [-0.39, 0.29) is 0 Å². The zero-order chi connectivity index (χ0) is 11.8. The van der Waals surface area contributed by atoms with Gasteiger partial charge in [-0.05, 0) is 29.9 Å². The Labute approximate surface area is 98.6 Å². The molecular weight excluding hydrogens is 194 g/mol. The van der Waals surface area contributed by atoms with Crippen molar-refractivity contribution in [3.8, 4) is 0 Å². The molecule has 1 aliphatic carbocycles. The predicted octanol–water partition coefficient (Wildman–Crippen LogP) is 3.47. The molecule has 0 fully saturated rings. The van der Waals surface area contributed by atoms with Crippen LogP contribution >= 0.6 is 0 Å². The highest BCUT2D eigenvalue weighted by Crippen LogP contribution is 2.45. The first-order valence-corrected chi connectivity index (χ1v) is 6.01. The van der Waals surface area contributed by atoms with Gasteiger partial charge in [0, 0.05) is 12.1 Å². The lowest BCUT2D eigenvalue weighted by Gasteiger charge is -2.30. The third-order valence-corrected chi connectivity index (χ3v) is 3.58. The Morgan fingerprint density at radius 3 is 2.81 bits per heavy atom. The van der Waals surface area contributed by atoms with Crippen molar-refractivity contribution < 1.29 is 0 Å². The molecule has 1 nitrogen and oxygen atoms in total. The lowest BCUT2D eigenvalue weighted by atomic mass is 9.85. The van der Waals surface area contributed by atoms with Gasteiger partial charge in [0.2, 0.25) is 0 Å². The largest absolute Gasteiger partial charge is 0.303 e. The summed E-state index contributed by atoms with van der Waals surface area (Å²) in [6, 6.07) is 9.56. The summed E-state index contributed by atoms with van der Waals surface area (Å²) in [5.41, 5.74) is 3.24. The smallest absolute Gasteiger partial charge is 0.0382 e. The number of nitrogens with one attached hydrogen (secondary N) is 1. The quantitative estimate of drug-likeness (QED) is 0.761. The maximum Gasteiger partial charge on any atom is 0.0382 e. The minimum Gasteiger partial charge on any atom is -0.303 e. The SMILES string of the molecule is C=CC(C)NC1c2ccccc2CC1(C)C. The van der Waals surface area contributed by atoms with Crippen molar-refractivity contribution in [3.63, 3.8) is 0 Å². The first-order valence-electron chi connectivity index (χ1n) is 6.01. The van der Waals surface area contributed by atoms with Gasteiger partial charge in [-0.3, -0.25) is 0 Å². The highest BCUT2D eigenvalue weighted by molar-refractivity contribution is 5.37. The highest BCUT2D eigenvalue weighted by Gasteiger charge is 2.38. The molecule has 1 aromatic rings. The number of hydrogen-bond acceptors (Lipinski definition) is 1. The molecule has 2 atom stereocenters. The lowest BCUT2D eigenvalue weighted by molar-refractivity contribution is 0.262. The molecule has 1 N–H and O–H groups in total. The zero-order valence-electron chi connectivity index (χ0n) is 10.5. The average Bonchev–Trinajstić information content (AvgIpc) is 2.50. The normalized spacial score (nSPS) is 23.8. The molecule has 0 heterocycles. The van der Waals surface area contributed by atoms with E-state index in [1.54, 1.807) is 0 Å². The Bertz CT molecular complexity index is 392. The van der Waals surface area contributed by atoms with Crippen LogP contribution in [0.3, 0.4) is 0 Å². The fraction of sp³-hybridized carbons (Fsp3) is 0.467. The molecule has 86 valence electrons. The summed E-state index contributed by atoms with van der Waals surface area (Å²) in [4.78, 5) is 0. The van der Waals surface area contributed by atoms with Crippen LogP contribution < -0.4 is 5.32 Å². The monoisotopic (exact) mass is 215 g/mol. The topological polar surface area (TPSA) is 12.0 Å². The van der Waals surface area contributed by atoms with Crippen molar-refractivity contribution in [2.45, 2.75) is 39.3 Å². The van der Waals surface area contributed by atoms with Crippen molar-refractivity contribution in [1.29, 1.82) is 0 Å². The molecule has 0 aromatic heterocycles. The summed E-state index contributed by atoms with van der Waals surface area (Å²) in [5, 5.41) is 3.66. The predicted molar refractivity (Wildman–Crippen MR) is 69.5 cm³/mol. The van der Waals surface area contributed by atoms with Gasteiger partial charge >= 0.3 is 0 Å². The molecular formula is C15H21N. The molecule has 0 amide bonds. The van der Waals surface area contributed by atoms with Crippen molar-refractivity contribution in [2.24, 2.45) is 5.41 Å². The van der Waals surface area contributed by atoms with Crippen molar-refractivity contribution in [2.75, 3.05) is 0 Å². The minimum absolute atomic E-state index is 0.293. The van der Waals surface area contributed by atoms with Crippen LogP contribution in [0.15, 0.2) is 36.9 Å². The van der Waals surface area contributed by atoms with Gasteiger partial charge in [0.1, 0.15) is 0 Å². The second kappa shape index (κ2) is 4.06. The maximum atomic E-state index is 3.84. The third-order valence-electron chi connectivity index (χ3n) is 3.58. The second-order valence-corrected chi connectivity index (χ2v) is 5.49. The Hall–Kier alpha value is -1.08. The molecule has 2 rings (SSSR count). The third kappa shape index (κ3) is 1.92. The zero-order valence-corrected chi connectivity index (χ0v) is 10.5. The molecule has 0 spiro atoms. The van der Waals surface area contributed by atoms with Crippen LogP contribution in [0, 0.1) is 5.41 Å². The molecule has 0 bridgehead atoms.